The van der Waals surface area contributed by atoms with Gasteiger partial charge in [-0.25, -0.2) is 0 Å². The molecule has 0 bridgehead atoms. The van der Waals surface area contributed by atoms with Crippen molar-refractivity contribution < 1.29 is 0 Å². The fraction of sp³-hybridized carbons (Fsp3) is 0.0667. The lowest BCUT2D eigenvalue weighted by molar-refractivity contribution is 0.923. The van der Waals surface area contributed by atoms with E-state index in [1.54, 1.807) is 0 Å². The summed E-state index contributed by atoms with van der Waals surface area (Å²) >= 11 is 4.57. The minimum absolute atomic E-state index is 0.849. The number of hydrogen-bond acceptors (Lipinski definition) is 3. The molecular weight excluding hydrogens is 490 g/mol. The van der Waals surface area contributed by atoms with Crippen LogP contribution in [0.4, 0.5) is 5.69 Å². The molecular formula is C15H10I2N4. The van der Waals surface area contributed by atoms with Crippen LogP contribution in [0.1, 0.15) is 5.56 Å². The van der Waals surface area contributed by atoms with Gasteiger partial charge in [0.15, 0.2) is 0 Å². The van der Waals surface area contributed by atoms with Crippen molar-refractivity contribution in [2.45, 2.75) is 6.54 Å². The van der Waals surface area contributed by atoms with Crippen LogP contribution in [0.2, 0.25) is 0 Å². The number of rotatable bonds is 0. The lowest BCUT2D eigenvalue weighted by Crippen LogP contribution is -2.13. The Morgan fingerprint density at radius 1 is 0.905 bits per heavy atom. The van der Waals surface area contributed by atoms with Crippen LogP contribution in [-0.2, 0) is 6.54 Å². The third kappa shape index (κ3) is 2.15. The Hall–Kier alpha value is -1.16. The predicted octanol–water partition coefficient (Wildman–Crippen LogP) is 4.48. The monoisotopic (exact) mass is 500 g/mol. The van der Waals surface area contributed by atoms with Gasteiger partial charge in [0.1, 0.15) is 11.4 Å². The Morgan fingerprint density at radius 2 is 1.62 bits per heavy atom. The second kappa shape index (κ2) is 5.24. The fourth-order valence-electron chi connectivity index (χ4n) is 2.68. The van der Waals surface area contributed by atoms with Gasteiger partial charge < -0.3 is 3.11 Å². The van der Waals surface area contributed by atoms with E-state index in [4.69, 9.17) is 0 Å². The molecule has 0 unspecified atom stereocenters. The highest BCUT2D eigenvalue weighted by Crippen LogP contribution is 2.42. The summed E-state index contributed by atoms with van der Waals surface area (Å²) in [6.07, 6.45) is 0. The summed E-state index contributed by atoms with van der Waals surface area (Å²) in [4.78, 5) is 0. The maximum Gasteiger partial charge on any atom is 0.122 e. The maximum absolute atomic E-state index is 4.41. The normalized spacial score (nSPS) is 13.0. The van der Waals surface area contributed by atoms with Crippen molar-refractivity contribution in [3.63, 3.8) is 0 Å². The molecule has 4 nitrogen and oxygen atoms in total. The highest BCUT2D eigenvalue weighted by Gasteiger charge is 2.24. The summed E-state index contributed by atoms with van der Waals surface area (Å²) in [6.45, 7) is 0.849. The second-order valence-corrected chi connectivity index (χ2v) is 6.92. The number of benzene rings is 2. The quantitative estimate of drug-likeness (QED) is 0.338. The molecule has 0 spiro atoms. The summed E-state index contributed by atoms with van der Waals surface area (Å²) < 4.78 is 4.08. The van der Waals surface area contributed by atoms with Crippen molar-refractivity contribution in [2.24, 2.45) is 0 Å². The average molecular weight is 500 g/mol. The molecule has 0 radical (unpaired) electrons. The van der Waals surface area contributed by atoms with E-state index in [0.717, 1.165) is 29.1 Å². The van der Waals surface area contributed by atoms with Gasteiger partial charge in [-0.15, -0.1) is 5.10 Å². The molecule has 0 amide bonds. The predicted molar refractivity (Wildman–Crippen MR) is 101 cm³/mol. The van der Waals surface area contributed by atoms with E-state index in [2.05, 4.69) is 108 Å². The largest absolute Gasteiger partial charge is 0.310 e. The van der Waals surface area contributed by atoms with Crippen molar-refractivity contribution in [2.75, 3.05) is 3.11 Å². The number of fused-ring (bicyclic) bond motifs is 5. The number of hydrogen-bond donors (Lipinski definition) is 0. The first-order valence-electron chi connectivity index (χ1n) is 6.48. The number of anilines is 1. The lowest BCUT2D eigenvalue weighted by atomic mass is 9.97. The molecule has 21 heavy (non-hydrogen) atoms. The van der Waals surface area contributed by atoms with Gasteiger partial charge in [0.2, 0.25) is 0 Å². The SMILES string of the molecule is IN1Cc2ccccc2-c2nnn(I)c2-c2ccccc21. The van der Waals surface area contributed by atoms with E-state index in [1.165, 1.54) is 11.3 Å². The first-order chi connectivity index (χ1) is 10.3. The van der Waals surface area contributed by atoms with E-state index >= 15 is 0 Å². The van der Waals surface area contributed by atoms with Gasteiger partial charge in [-0.3, -0.25) is 0 Å². The molecule has 1 aromatic heterocycles. The van der Waals surface area contributed by atoms with Crippen LogP contribution in [0.25, 0.3) is 22.5 Å². The van der Waals surface area contributed by atoms with E-state index in [1.807, 2.05) is 2.90 Å². The molecule has 0 N–H and O–H groups in total. The molecule has 2 heterocycles. The highest BCUT2D eigenvalue weighted by molar-refractivity contribution is 14.1. The summed E-state index contributed by atoms with van der Waals surface area (Å²) in [5, 5.41) is 8.64. The zero-order valence-corrected chi connectivity index (χ0v) is 15.2. The first kappa shape index (κ1) is 13.5. The Kier molecular flexibility index (Phi) is 3.37. The van der Waals surface area contributed by atoms with Crippen molar-refractivity contribution in [1.29, 1.82) is 0 Å². The maximum atomic E-state index is 4.41. The third-order valence-electron chi connectivity index (χ3n) is 3.63. The molecule has 0 saturated carbocycles. The van der Waals surface area contributed by atoms with Gasteiger partial charge in [0, 0.05) is 11.1 Å². The second-order valence-electron chi connectivity index (χ2n) is 4.84. The van der Waals surface area contributed by atoms with Gasteiger partial charge in [-0.05, 0) is 11.6 Å². The van der Waals surface area contributed by atoms with Crippen LogP contribution in [0, 0.1) is 0 Å². The van der Waals surface area contributed by atoms with E-state index < -0.39 is 0 Å². The van der Waals surface area contributed by atoms with Gasteiger partial charge in [0.25, 0.3) is 0 Å². The zero-order chi connectivity index (χ0) is 14.4. The van der Waals surface area contributed by atoms with Crippen LogP contribution < -0.4 is 3.11 Å². The molecule has 6 heteroatoms. The summed E-state index contributed by atoms with van der Waals surface area (Å²) in [7, 11) is 0. The van der Waals surface area contributed by atoms with Crippen LogP contribution >= 0.6 is 45.7 Å². The van der Waals surface area contributed by atoms with Crippen LogP contribution in [-0.4, -0.2) is 13.2 Å². The van der Waals surface area contributed by atoms with Crippen LogP contribution in [0.3, 0.4) is 0 Å². The fourth-order valence-corrected chi connectivity index (χ4v) is 4.05. The number of halogens is 2. The molecule has 0 fully saturated rings. The number of nitrogens with zero attached hydrogens (tertiary/aromatic N) is 4. The molecule has 0 atom stereocenters. The topological polar surface area (TPSA) is 34.0 Å². The van der Waals surface area contributed by atoms with Gasteiger partial charge in [-0.2, -0.15) is 2.90 Å². The molecule has 0 saturated heterocycles. The van der Waals surface area contributed by atoms with Crippen molar-refractivity contribution in [3.8, 4) is 22.5 Å². The van der Waals surface area contributed by atoms with Gasteiger partial charge in [0.05, 0.1) is 58.0 Å². The Balaban J connectivity index is 2.11. The van der Waals surface area contributed by atoms with E-state index in [9.17, 15) is 0 Å². The smallest absolute Gasteiger partial charge is 0.122 e. The Morgan fingerprint density at radius 3 is 2.48 bits per heavy atom. The summed E-state index contributed by atoms with van der Waals surface area (Å²) in [6, 6.07) is 16.8. The molecule has 0 aliphatic carbocycles. The zero-order valence-electron chi connectivity index (χ0n) is 10.9. The number of para-hydroxylation sites is 1. The van der Waals surface area contributed by atoms with Crippen molar-refractivity contribution in [3.05, 3.63) is 54.1 Å². The van der Waals surface area contributed by atoms with E-state index in [0.29, 0.717) is 0 Å². The van der Waals surface area contributed by atoms with E-state index in [-0.39, 0.29) is 0 Å². The molecule has 2 aromatic carbocycles. The minimum Gasteiger partial charge on any atom is -0.310 e. The minimum atomic E-state index is 0.849. The first-order valence-corrected chi connectivity index (χ1v) is 8.41. The number of aromatic nitrogens is 3. The molecule has 104 valence electrons. The highest BCUT2D eigenvalue weighted by atomic mass is 127. The lowest BCUT2D eigenvalue weighted by Gasteiger charge is -2.24. The molecule has 4 rings (SSSR count). The Labute approximate surface area is 150 Å². The molecule has 1 aliphatic heterocycles. The summed E-state index contributed by atoms with van der Waals surface area (Å²) in [5.41, 5.74) is 6.79. The van der Waals surface area contributed by atoms with Crippen LogP contribution in [0.15, 0.2) is 48.5 Å². The molecule has 3 aromatic rings. The van der Waals surface area contributed by atoms with Crippen LogP contribution in [0.5, 0.6) is 0 Å². The Bertz CT molecular complexity index is 828. The van der Waals surface area contributed by atoms with Gasteiger partial charge >= 0.3 is 0 Å². The summed E-state index contributed by atoms with van der Waals surface area (Å²) in [5.74, 6) is 0. The van der Waals surface area contributed by atoms with Gasteiger partial charge in [-0.1, -0.05) is 47.7 Å². The van der Waals surface area contributed by atoms with Crippen molar-refractivity contribution in [1.82, 2.24) is 13.2 Å². The standard InChI is InChI=1S/C15H10I2N4/c16-20-9-10-5-1-2-6-11(10)14-15(21(17)19-18-14)12-7-3-4-8-13(12)20/h1-8H,9H2. The molecule has 1 aliphatic rings. The third-order valence-corrected chi connectivity index (χ3v) is 5.17. The average Bonchev–Trinajstić information content (AvgIpc) is 2.87. The van der Waals surface area contributed by atoms with Crippen molar-refractivity contribution >= 4 is 51.4 Å².